The highest BCUT2D eigenvalue weighted by Crippen LogP contribution is 2.42. The molecule has 0 unspecified atom stereocenters. The van der Waals surface area contributed by atoms with Gasteiger partial charge in [0, 0.05) is 24.7 Å². The molecule has 0 aliphatic carbocycles. The molecule has 1 heterocycles. The minimum atomic E-state index is -4.43. The van der Waals surface area contributed by atoms with Crippen LogP contribution in [0.2, 0.25) is 0 Å². The van der Waals surface area contributed by atoms with Gasteiger partial charge in [-0.25, -0.2) is 0 Å². The van der Waals surface area contributed by atoms with Gasteiger partial charge >= 0.3 is 6.18 Å². The largest absolute Gasteiger partial charge is 0.497 e. The monoisotopic (exact) mass is 476 g/mol. The lowest BCUT2D eigenvalue weighted by Gasteiger charge is -2.30. The minimum absolute atomic E-state index is 0.00617. The maximum atomic E-state index is 13.9. The van der Waals surface area contributed by atoms with Gasteiger partial charge in [-0.05, 0) is 73.3 Å². The minimum Gasteiger partial charge on any atom is -0.497 e. The number of benzene rings is 2. The predicted octanol–water partition coefficient (Wildman–Crippen LogP) is 6.15. The number of alkyl halides is 3. The molecule has 0 radical (unpaired) electrons. The SMILES string of the molecule is CCC[C@H]1C(=O)N(CCN(CC)CC)c2ccc(C(F)(F)F)cc2C[C@H]1c1ccc(OC)cc1. The van der Waals surface area contributed by atoms with E-state index in [4.69, 9.17) is 4.74 Å². The van der Waals surface area contributed by atoms with E-state index >= 15 is 0 Å². The summed E-state index contributed by atoms with van der Waals surface area (Å²) in [6, 6.07) is 11.4. The summed E-state index contributed by atoms with van der Waals surface area (Å²) in [5, 5.41) is 0. The number of carbonyl (C=O) groups excluding carboxylic acids is 1. The standard InChI is InChI=1S/C27H35F3N2O2/c1-5-8-23-24(19-9-12-22(34-4)13-10-19)18-20-17-21(27(28,29)30)11-14-25(20)32(26(23)33)16-15-31(6-2)7-3/h9-14,17,23-24H,5-8,15-16,18H2,1-4H3/t23-,24+/m1/s1. The van der Waals surface area contributed by atoms with Crippen molar-refractivity contribution in [3.63, 3.8) is 0 Å². The van der Waals surface area contributed by atoms with Crippen LogP contribution in [0.15, 0.2) is 42.5 Å². The molecule has 2 atom stereocenters. The van der Waals surface area contributed by atoms with Crippen LogP contribution in [-0.4, -0.2) is 44.1 Å². The first kappa shape index (κ1) is 26.1. The number of halogens is 3. The Balaban J connectivity index is 2.10. The van der Waals surface area contributed by atoms with E-state index in [0.29, 0.717) is 42.9 Å². The van der Waals surface area contributed by atoms with Crippen LogP contribution in [0, 0.1) is 5.92 Å². The molecule has 34 heavy (non-hydrogen) atoms. The number of carbonyl (C=O) groups is 1. The summed E-state index contributed by atoms with van der Waals surface area (Å²) in [6.07, 6.45) is -2.56. The van der Waals surface area contributed by atoms with Crippen molar-refractivity contribution in [1.29, 1.82) is 0 Å². The molecular formula is C27H35F3N2O2. The van der Waals surface area contributed by atoms with Crippen molar-refractivity contribution in [2.45, 2.75) is 52.1 Å². The molecule has 2 aromatic carbocycles. The lowest BCUT2D eigenvalue weighted by Crippen LogP contribution is -2.42. The molecule has 186 valence electrons. The highest BCUT2D eigenvalue weighted by molar-refractivity contribution is 5.97. The van der Waals surface area contributed by atoms with E-state index in [1.54, 1.807) is 12.0 Å². The van der Waals surface area contributed by atoms with Crippen LogP contribution in [-0.2, 0) is 17.4 Å². The average Bonchev–Trinajstić information content (AvgIpc) is 2.94. The van der Waals surface area contributed by atoms with Gasteiger partial charge in [-0.2, -0.15) is 13.2 Å². The van der Waals surface area contributed by atoms with Gasteiger partial charge in [0.05, 0.1) is 12.7 Å². The van der Waals surface area contributed by atoms with Gasteiger partial charge in [0.1, 0.15) is 5.75 Å². The quantitative estimate of drug-likeness (QED) is 0.436. The van der Waals surface area contributed by atoms with Crippen LogP contribution < -0.4 is 9.64 Å². The fraction of sp³-hybridized carbons (Fsp3) is 0.519. The number of methoxy groups -OCH3 is 1. The lowest BCUT2D eigenvalue weighted by molar-refractivity contribution is -0.137. The van der Waals surface area contributed by atoms with Crippen LogP contribution in [0.4, 0.5) is 18.9 Å². The number of hydrogen-bond donors (Lipinski definition) is 0. The number of fused-ring (bicyclic) bond motifs is 1. The molecule has 4 nitrogen and oxygen atoms in total. The number of ether oxygens (including phenoxy) is 1. The summed E-state index contributed by atoms with van der Waals surface area (Å²) < 4.78 is 46.0. The molecule has 3 rings (SSSR count). The Morgan fingerprint density at radius 1 is 1.06 bits per heavy atom. The molecule has 1 aliphatic heterocycles. The topological polar surface area (TPSA) is 32.8 Å². The summed E-state index contributed by atoms with van der Waals surface area (Å²) in [7, 11) is 1.59. The Bertz CT molecular complexity index is 955. The molecule has 1 amide bonds. The van der Waals surface area contributed by atoms with Gasteiger partial charge in [0.2, 0.25) is 5.91 Å². The maximum absolute atomic E-state index is 13.9. The van der Waals surface area contributed by atoms with Gasteiger partial charge in [0.25, 0.3) is 0 Å². The van der Waals surface area contributed by atoms with E-state index < -0.39 is 11.7 Å². The highest BCUT2D eigenvalue weighted by Gasteiger charge is 2.39. The van der Waals surface area contributed by atoms with Crippen LogP contribution in [0.25, 0.3) is 0 Å². The molecule has 0 spiro atoms. The first-order chi connectivity index (χ1) is 16.2. The first-order valence-corrected chi connectivity index (χ1v) is 12.1. The average molecular weight is 477 g/mol. The third kappa shape index (κ3) is 5.74. The number of anilines is 1. The van der Waals surface area contributed by atoms with Crippen LogP contribution >= 0.6 is 0 Å². The van der Waals surface area contributed by atoms with Crippen molar-refractivity contribution in [3.8, 4) is 5.75 Å². The number of nitrogens with zero attached hydrogens (tertiary/aromatic N) is 2. The van der Waals surface area contributed by atoms with E-state index in [1.165, 1.54) is 12.1 Å². The van der Waals surface area contributed by atoms with Crippen molar-refractivity contribution in [3.05, 3.63) is 59.2 Å². The maximum Gasteiger partial charge on any atom is 0.416 e. The predicted molar refractivity (Wildman–Crippen MR) is 129 cm³/mol. The number of hydrogen-bond acceptors (Lipinski definition) is 3. The van der Waals surface area contributed by atoms with Gasteiger partial charge < -0.3 is 14.5 Å². The highest BCUT2D eigenvalue weighted by atomic mass is 19.4. The summed E-state index contributed by atoms with van der Waals surface area (Å²) in [5.74, 6) is 0.181. The molecule has 2 aromatic rings. The van der Waals surface area contributed by atoms with Gasteiger partial charge in [-0.3, -0.25) is 4.79 Å². The Morgan fingerprint density at radius 3 is 2.29 bits per heavy atom. The fourth-order valence-corrected chi connectivity index (χ4v) is 4.91. The summed E-state index contributed by atoms with van der Waals surface area (Å²) >= 11 is 0. The zero-order chi connectivity index (χ0) is 24.9. The fourth-order valence-electron chi connectivity index (χ4n) is 4.91. The number of amides is 1. The van der Waals surface area contributed by atoms with E-state index in [1.807, 2.05) is 31.2 Å². The smallest absolute Gasteiger partial charge is 0.416 e. The third-order valence-electron chi connectivity index (χ3n) is 6.88. The van der Waals surface area contributed by atoms with Crippen molar-refractivity contribution >= 4 is 11.6 Å². The van der Waals surface area contributed by atoms with Crippen LogP contribution in [0.5, 0.6) is 5.75 Å². The van der Waals surface area contributed by atoms with E-state index in [2.05, 4.69) is 18.7 Å². The van der Waals surface area contributed by atoms with Crippen LogP contribution in [0.1, 0.15) is 56.2 Å². The molecule has 7 heteroatoms. The van der Waals surface area contributed by atoms with Gasteiger partial charge in [0.15, 0.2) is 0 Å². The Hall–Kier alpha value is -2.54. The molecule has 0 saturated heterocycles. The molecule has 0 saturated carbocycles. The second kappa shape index (κ2) is 11.3. The van der Waals surface area contributed by atoms with Crippen molar-refractivity contribution in [2.24, 2.45) is 5.92 Å². The summed E-state index contributed by atoms with van der Waals surface area (Å²) in [6.45, 7) is 9.00. The van der Waals surface area contributed by atoms with Crippen molar-refractivity contribution in [2.75, 3.05) is 38.2 Å². The third-order valence-corrected chi connectivity index (χ3v) is 6.88. The lowest BCUT2D eigenvalue weighted by atomic mass is 9.79. The molecular weight excluding hydrogens is 441 g/mol. The second-order valence-corrected chi connectivity index (χ2v) is 8.84. The molecule has 0 N–H and O–H groups in total. The first-order valence-electron chi connectivity index (χ1n) is 12.1. The van der Waals surface area contributed by atoms with E-state index in [-0.39, 0.29) is 17.7 Å². The molecule has 0 fully saturated rings. The van der Waals surface area contributed by atoms with Crippen molar-refractivity contribution in [1.82, 2.24) is 4.90 Å². The zero-order valence-corrected chi connectivity index (χ0v) is 20.5. The Kier molecular flexibility index (Phi) is 8.63. The van der Waals surface area contributed by atoms with E-state index in [9.17, 15) is 18.0 Å². The number of rotatable bonds is 9. The van der Waals surface area contributed by atoms with Crippen LogP contribution in [0.3, 0.4) is 0 Å². The summed E-state index contributed by atoms with van der Waals surface area (Å²) in [4.78, 5) is 17.9. The zero-order valence-electron chi connectivity index (χ0n) is 20.5. The van der Waals surface area contributed by atoms with Gasteiger partial charge in [-0.1, -0.05) is 39.3 Å². The Morgan fingerprint density at radius 2 is 1.74 bits per heavy atom. The molecule has 0 bridgehead atoms. The molecule has 1 aliphatic rings. The number of likely N-dealkylation sites (N-methyl/N-ethyl adjacent to an activating group) is 1. The normalized spacial score (nSPS) is 18.7. The van der Waals surface area contributed by atoms with Crippen molar-refractivity contribution < 1.29 is 22.7 Å². The second-order valence-electron chi connectivity index (χ2n) is 8.84. The molecule has 0 aromatic heterocycles. The van der Waals surface area contributed by atoms with E-state index in [0.717, 1.165) is 31.1 Å². The summed E-state index contributed by atoms with van der Waals surface area (Å²) in [5.41, 5.74) is 1.44. The van der Waals surface area contributed by atoms with Gasteiger partial charge in [-0.15, -0.1) is 0 Å². The Labute approximate surface area is 200 Å².